The Kier molecular flexibility index (Phi) is 6.98. The molecule has 0 aliphatic heterocycles. The minimum atomic E-state index is 0.538. The van der Waals surface area contributed by atoms with Crippen molar-refractivity contribution in [2.75, 3.05) is 0 Å². The molecular weight excluding hydrogens is 655 g/mol. The van der Waals surface area contributed by atoms with Crippen molar-refractivity contribution in [2.45, 2.75) is 0 Å². The van der Waals surface area contributed by atoms with Crippen molar-refractivity contribution in [1.29, 1.82) is 0 Å². The predicted octanol–water partition coefficient (Wildman–Crippen LogP) is 12.6. The second-order valence-electron chi connectivity index (χ2n) is 12.7. The number of benzene rings is 7. The number of hydrogen-bond donors (Lipinski definition) is 0. The van der Waals surface area contributed by atoms with Gasteiger partial charge in [0.1, 0.15) is 0 Å². The summed E-state index contributed by atoms with van der Waals surface area (Å²) in [5, 5.41) is 4.63. The molecule has 0 bridgehead atoms. The normalized spacial score (nSPS) is 11.4. The number of fused-ring (bicyclic) bond motifs is 6. The molecule has 10 aromatic rings. The summed E-state index contributed by atoms with van der Waals surface area (Å²) in [5.74, 6) is 1.67. The first kappa shape index (κ1) is 29.9. The molecule has 5 nitrogen and oxygen atoms in total. The van der Waals surface area contributed by atoms with Crippen LogP contribution < -0.4 is 0 Å². The minimum Gasteiger partial charge on any atom is -0.278 e. The third kappa shape index (κ3) is 4.87. The van der Waals surface area contributed by atoms with E-state index >= 15 is 0 Å². The maximum absolute atomic E-state index is 7.51. The first-order valence-electron chi connectivity index (χ1n) is 17.1. The van der Waals surface area contributed by atoms with E-state index < -0.39 is 0 Å². The van der Waals surface area contributed by atoms with Gasteiger partial charge < -0.3 is 0 Å². The molecular formula is C46H27N5S. The van der Waals surface area contributed by atoms with Gasteiger partial charge in [-0.05, 0) is 46.5 Å². The average molecular weight is 682 g/mol. The second-order valence-corrected chi connectivity index (χ2v) is 13.7. The number of thiophene rings is 1. The molecule has 3 heterocycles. The molecule has 7 aromatic carbocycles. The molecule has 242 valence electrons. The van der Waals surface area contributed by atoms with E-state index in [-0.39, 0.29) is 0 Å². The van der Waals surface area contributed by atoms with Crippen LogP contribution in [0.25, 0.3) is 97.8 Å². The van der Waals surface area contributed by atoms with Gasteiger partial charge in [0.2, 0.25) is 5.95 Å². The van der Waals surface area contributed by atoms with Crippen LogP contribution in [0.3, 0.4) is 0 Å². The van der Waals surface area contributed by atoms with Gasteiger partial charge in [-0.2, -0.15) is 9.97 Å². The molecule has 0 saturated heterocycles. The molecule has 6 heteroatoms. The first-order chi connectivity index (χ1) is 25.7. The monoisotopic (exact) mass is 681 g/mol. The van der Waals surface area contributed by atoms with Crippen LogP contribution in [0.5, 0.6) is 0 Å². The second kappa shape index (κ2) is 12.1. The highest BCUT2D eigenvalue weighted by Crippen LogP contribution is 2.45. The molecule has 0 spiro atoms. The zero-order chi connectivity index (χ0) is 34.6. The Balaban J connectivity index is 1.31. The number of nitrogens with zero attached hydrogens (tertiary/aromatic N) is 5. The van der Waals surface area contributed by atoms with Gasteiger partial charge in [-0.1, -0.05) is 140 Å². The van der Waals surface area contributed by atoms with E-state index in [4.69, 9.17) is 21.5 Å². The fourth-order valence-corrected chi connectivity index (χ4v) is 8.57. The molecule has 0 radical (unpaired) electrons. The van der Waals surface area contributed by atoms with E-state index in [0.717, 1.165) is 54.1 Å². The van der Waals surface area contributed by atoms with Crippen LogP contribution in [0.2, 0.25) is 0 Å². The Bertz CT molecular complexity index is 2960. The molecule has 0 unspecified atom stereocenters. The molecule has 0 aliphatic rings. The Morgan fingerprint density at radius 2 is 1.04 bits per heavy atom. The molecule has 0 N–H and O–H groups in total. The van der Waals surface area contributed by atoms with Gasteiger partial charge >= 0.3 is 0 Å². The molecule has 0 fully saturated rings. The number of para-hydroxylation sites is 2. The Morgan fingerprint density at radius 1 is 0.442 bits per heavy atom. The number of rotatable bonds is 5. The van der Waals surface area contributed by atoms with Gasteiger partial charge in [0.15, 0.2) is 17.3 Å². The van der Waals surface area contributed by atoms with E-state index in [1.807, 2.05) is 30.3 Å². The van der Waals surface area contributed by atoms with E-state index in [0.29, 0.717) is 23.3 Å². The Hall–Kier alpha value is -6.94. The summed E-state index contributed by atoms with van der Waals surface area (Å²) >= 11 is 1.78. The lowest BCUT2D eigenvalue weighted by molar-refractivity contribution is 0.954. The van der Waals surface area contributed by atoms with Crippen LogP contribution in [0.15, 0.2) is 164 Å². The number of aromatic nitrogens is 4. The highest BCUT2D eigenvalue weighted by Gasteiger charge is 2.21. The molecule has 0 saturated carbocycles. The van der Waals surface area contributed by atoms with Crippen LogP contribution >= 0.6 is 11.3 Å². The van der Waals surface area contributed by atoms with E-state index in [2.05, 4.69) is 143 Å². The van der Waals surface area contributed by atoms with Crippen molar-refractivity contribution in [2.24, 2.45) is 0 Å². The molecule has 10 rings (SSSR count). The summed E-state index contributed by atoms with van der Waals surface area (Å²) in [4.78, 5) is 19.3. The van der Waals surface area contributed by atoms with Crippen LogP contribution in [-0.2, 0) is 0 Å². The van der Waals surface area contributed by atoms with Crippen LogP contribution in [0, 0.1) is 6.57 Å². The van der Waals surface area contributed by atoms with Crippen LogP contribution in [-0.4, -0.2) is 19.5 Å². The van der Waals surface area contributed by atoms with Gasteiger partial charge in [0.25, 0.3) is 0 Å². The highest BCUT2D eigenvalue weighted by atomic mass is 32.1. The fourth-order valence-electron chi connectivity index (χ4n) is 7.25. The predicted molar refractivity (Wildman–Crippen MR) is 215 cm³/mol. The smallest absolute Gasteiger partial charge is 0.238 e. The van der Waals surface area contributed by atoms with Gasteiger partial charge in [-0.15, -0.1) is 11.3 Å². The maximum Gasteiger partial charge on any atom is 0.238 e. The molecule has 3 aromatic heterocycles. The highest BCUT2D eigenvalue weighted by molar-refractivity contribution is 7.26. The minimum absolute atomic E-state index is 0.538. The van der Waals surface area contributed by atoms with E-state index in [9.17, 15) is 0 Å². The van der Waals surface area contributed by atoms with Gasteiger partial charge in [0, 0.05) is 42.1 Å². The quantitative estimate of drug-likeness (QED) is 0.170. The summed E-state index contributed by atoms with van der Waals surface area (Å²) in [6.07, 6.45) is 0. The van der Waals surface area contributed by atoms with E-state index in [1.54, 1.807) is 11.3 Å². The lowest BCUT2D eigenvalue weighted by Gasteiger charge is -2.12. The lowest BCUT2D eigenvalue weighted by Crippen LogP contribution is -2.06. The van der Waals surface area contributed by atoms with Gasteiger partial charge in [-0.25, -0.2) is 9.83 Å². The lowest BCUT2D eigenvalue weighted by atomic mass is 9.97. The third-order valence-corrected chi connectivity index (χ3v) is 11.0. The SMILES string of the molecule is [C-]#[N+]c1ccc(-c2nc(-c3cc(-c4ccccc4)cc4c3sc3c(-c5ccccc5)cccc34)nc(-n3c4ccccc4c4ccccc43)n2)cc1. The van der Waals surface area contributed by atoms with E-state index in [1.165, 1.54) is 21.2 Å². The van der Waals surface area contributed by atoms with Crippen LogP contribution in [0.4, 0.5) is 5.69 Å². The maximum atomic E-state index is 7.51. The Labute approximate surface area is 303 Å². The zero-order valence-electron chi connectivity index (χ0n) is 27.7. The summed E-state index contributed by atoms with van der Waals surface area (Å²) in [7, 11) is 0. The molecule has 0 atom stereocenters. The fraction of sp³-hybridized carbons (Fsp3) is 0. The summed E-state index contributed by atoms with van der Waals surface area (Å²) in [6.45, 7) is 7.51. The Morgan fingerprint density at radius 3 is 1.73 bits per heavy atom. The third-order valence-electron chi connectivity index (χ3n) is 9.69. The zero-order valence-corrected chi connectivity index (χ0v) is 28.5. The average Bonchev–Trinajstić information content (AvgIpc) is 3.77. The van der Waals surface area contributed by atoms with Crippen molar-refractivity contribution in [3.05, 3.63) is 175 Å². The van der Waals surface area contributed by atoms with Crippen LogP contribution in [0.1, 0.15) is 0 Å². The summed E-state index contributed by atoms with van der Waals surface area (Å²) in [5.41, 5.74) is 8.97. The summed E-state index contributed by atoms with van der Waals surface area (Å²) < 4.78 is 4.48. The molecule has 0 aliphatic carbocycles. The molecule has 52 heavy (non-hydrogen) atoms. The van der Waals surface area contributed by atoms with Crippen molar-refractivity contribution < 1.29 is 0 Å². The summed E-state index contributed by atoms with van der Waals surface area (Å²) in [6, 6.07) is 56.4. The van der Waals surface area contributed by atoms with Crippen molar-refractivity contribution >= 4 is 59.0 Å². The number of hydrogen-bond acceptors (Lipinski definition) is 4. The van der Waals surface area contributed by atoms with Gasteiger partial charge in [-0.3, -0.25) is 4.57 Å². The van der Waals surface area contributed by atoms with Crippen molar-refractivity contribution in [1.82, 2.24) is 19.5 Å². The largest absolute Gasteiger partial charge is 0.278 e. The first-order valence-corrected chi connectivity index (χ1v) is 17.9. The van der Waals surface area contributed by atoms with Gasteiger partial charge in [0.05, 0.1) is 17.6 Å². The molecule has 0 amide bonds. The standard InChI is InChI=1S/C46H27N5S/c1-47-33-25-23-31(24-26-33)44-48-45(50-46(49-44)51-40-21-10-8-17-35(40)36-18-9-11-22-41(36)51)39-28-32(29-13-4-2-5-14-29)27-38-37-20-12-19-34(42(37)52-43(38)39)30-15-6-3-7-16-30/h2-28H. The topological polar surface area (TPSA) is 48.0 Å². The van der Waals surface area contributed by atoms with Crippen molar-refractivity contribution in [3.63, 3.8) is 0 Å². The van der Waals surface area contributed by atoms with Crippen molar-refractivity contribution in [3.8, 4) is 51.0 Å².